The van der Waals surface area contributed by atoms with Crippen molar-refractivity contribution in [2.45, 2.75) is 26.4 Å². The number of para-hydroxylation sites is 1. The van der Waals surface area contributed by atoms with E-state index in [1.165, 1.54) is 4.90 Å². The number of nitrogens with one attached hydrogen (secondary N) is 1. The van der Waals surface area contributed by atoms with Crippen LogP contribution < -0.4 is 10.2 Å². The van der Waals surface area contributed by atoms with Gasteiger partial charge in [0.1, 0.15) is 0 Å². The molecule has 0 radical (unpaired) electrons. The van der Waals surface area contributed by atoms with Gasteiger partial charge in [0, 0.05) is 45.1 Å². The van der Waals surface area contributed by atoms with Gasteiger partial charge in [-0.1, -0.05) is 29.8 Å². The average molecular weight is 509 g/mol. The van der Waals surface area contributed by atoms with Gasteiger partial charge >= 0.3 is 6.03 Å². The normalized spacial score (nSPS) is 15.2. The number of fused-ring (bicyclic) bond motifs is 1. The number of aryl methyl sites for hydroxylation is 1. The number of rotatable bonds is 4. The zero-order valence-electron chi connectivity index (χ0n) is 20.7. The van der Waals surface area contributed by atoms with Gasteiger partial charge < -0.3 is 20.0 Å². The summed E-state index contributed by atoms with van der Waals surface area (Å²) in [4.78, 5) is 43.4. The van der Waals surface area contributed by atoms with E-state index in [0.717, 1.165) is 22.6 Å². The van der Waals surface area contributed by atoms with Crippen molar-refractivity contribution >= 4 is 35.1 Å². The third kappa shape index (κ3) is 5.21. The molecule has 1 atom stereocenters. The summed E-state index contributed by atoms with van der Waals surface area (Å²) in [5.41, 5.74) is 3.53. The van der Waals surface area contributed by atoms with E-state index in [9.17, 15) is 14.4 Å². The largest absolute Gasteiger partial charge is 0.347 e. The van der Waals surface area contributed by atoms with E-state index in [-0.39, 0.29) is 37.0 Å². The lowest BCUT2D eigenvalue weighted by molar-refractivity contribution is -0.127. The van der Waals surface area contributed by atoms with Crippen molar-refractivity contribution in [3.63, 3.8) is 0 Å². The quantitative estimate of drug-likeness (QED) is 0.584. The summed E-state index contributed by atoms with van der Waals surface area (Å²) >= 11 is 6.58. The van der Waals surface area contributed by atoms with Crippen molar-refractivity contribution in [3.05, 3.63) is 76.6 Å². The Morgan fingerprint density at radius 1 is 1.14 bits per heavy atom. The van der Waals surface area contributed by atoms with Crippen molar-refractivity contribution in [3.8, 4) is 5.69 Å². The van der Waals surface area contributed by atoms with Crippen LogP contribution in [0.1, 0.15) is 28.5 Å². The van der Waals surface area contributed by atoms with Crippen LogP contribution in [0.4, 0.5) is 10.5 Å². The second kappa shape index (κ2) is 10.4. The summed E-state index contributed by atoms with van der Waals surface area (Å²) in [5, 5.41) is 7.40. The summed E-state index contributed by atoms with van der Waals surface area (Å²) in [6.07, 6.45) is 1.83. The van der Waals surface area contributed by atoms with Gasteiger partial charge in [-0.2, -0.15) is 5.10 Å². The zero-order valence-corrected chi connectivity index (χ0v) is 21.5. The molecule has 0 saturated heterocycles. The predicted molar refractivity (Wildman–Crippen MR) is 139 cm³/mol. The molecule has 1 aliphatic heterocycles. The topological polar surface area (TPSA) is 90.8 Å². The molecule has 0 fully saturated rings. The molecule has 0 unspecified atom stereocenters. The van der Waals surface area contributed by atoms with Crippen LogP contribution in [-0.2, 0) is 11.3 Å². The number of nitrogens with zero attached hydrogens (tertiary/aromatic N) is 5. The number of carbonyl (C=O) groups excluding carboxylic acids is 3. The first kappa shape index (κ1) is 25.2. The predicted octanol–water partition coefficient (Wildman–Crippen LogP) is 3.48. The van der Waals surface area contributed by atoms with Gasteiger partial charge in [-0.25, -0.2) is 9.48 Å². The van der Waals surface area contributed by atoms with E-state index in [2.05, 4.69) is 10.4 Å². The fourth-order valence-corrected chi connectivity index (χ4v) is 4.36. The van der Waals surface area contributed by atoms with Gasteiger partial charge in [0.05, 0.1) is 28.5 Å². The molecule has 3 aromatic rings. The molecule has 0 saturated carbocycles. The Hall–Kier alpha value is -3.85. The molecule has 9 nitrogen and oxygen atoms in total. The fraction of sp³-hybridized carbons (Fsp3) is 0.308. The number of aromatic nitrogens is 2. The number of carbonyl (C=O) groups is 3. The molecule has 1 aliphatic rings. The number of halogens is 1. The number of hydrogen-bond acceptors (Lipinski definition) is 4. The molecule has 0 spiro atoms. The van der Waals surface area contributed by atoms with E-state index in [0.29, 0.717) is 17.1 Å². The zero-order chi connectivity index (χ0) is 26.0. The van der Waals surface area contributed by atoms with Crippen LogP contribution in [0.3, 0.4) is 0 Å². The maximum atomic E-state index is 13.7. The molecule has 188 valence electrons. The van der Waals surface area contributed by atoms with E-state index < -0.39 is 0 Å². The highest BCUT2D eigenvalue weighted by Gasteiger charge is 2.32. The van der Waals surface area contributed by atoms with Gasteiger partial charge in [0.15, 0.2) is 0 Å². The van der Waals surface area contributed by atoms with Crippen molar-refractivity contribution in [1.29, 1.82) is 0 Å². The molecule has 0 aliphatic carbocycles. The Kier molecular flexibility index (Phi) is 7.30. The number of benzene rings is 2. The molecular formula is C26H29ClN6O3. The minimum absolute atomic E-state index is 0.100. The molecule has 1 aromatic heterocycles. The van der Waals surface area contributed by atoms with Gasteiger partial charge in [-0.15, -0.1) is 0 Å². The van der Waals surface area contributed by atoms with E-state index in [4.69, 9.17) is 11.6 Å². The van der Waals surface area contributed by atoms with Gasteiger partial charge in [0.25, 0.3) is 5.91 Å². The lowest BCUT2D eigenvalue weighted by Crippen LogP contribution is -2.49. The standard InChI is InChI=1S/C26H29ClN6O3/c1-17-11-12-33(29-17)20-9-10-21(22(27)13-20)25(35)32-15-18(2)31(16-19-7-5-6-8-23(19)32)26(36)28-14-24(34)30(3)4/h5-13,18H,14-16H2,1-4H3,(H,28,36)/t18-/m1/s1. The Morgan fingerprint density at radius 3 is 2.56 bits per heavy atom. The number of amides is 4. The summed E-state index contributed by atoms with van der Waals surface area (Å²) in [6.45, 7) is 4.24. The maximum Gasteiger partial charge on any atom is 0.318 e. The second-order valence-corrected chi connectivity index (χ2v) is 9.44. The number of urea groups is 1. The molecular weight excluding hydrogens is 480 g/mol. The van der Waals surface area contributed by atoms with Crippen molar-refractivity contribution in [2.75, 3.05) is 32.1 Å². The smallest absolute Gasteiger partial charge is 0.318 e. The van der Waals surface area contributed by atoms with E-state index >= 15 is 0 Å². The minimum atomic E-state index is -0.362. The van der Waals surface area contributed by atoms with Crippen LogP contribution in [0.25, 0.3) is 5.69 Å². The molecule has 10 heteroatoms. The summed E-state index contributed by atoms with van der Waals surface area (Å²) in [6, 6.07) is 13.9. The number of hydrogen-bond donors (Lipinski definition) is 1. The summed E-state index contributed by atoms with van der Waals surface area (Å²) in [7, 11) is 3.27. The highest BCUT2D eigenvalue weighted by Crippen LogP contribution is 2.30. The van der Waals surface area contributed by atoms with E-state index in [1.54, 1.807) is 46.8 Å². The Morgan fingerprint density at radius 2 is 1.89 bits per heavy atom. The van der Waals surface area contributed by atoms with Crippen molar-refractivity contribution in [2.24, 2.45) is 0 Å². The molecule has 2 heterocycles. The SMILES string of the molecule is Cc1ccn(-c2ccc(C(=O)N3C[C@@H](C)N(C(=O)NCC(=O)N(C)C)Cc4ccccc43)c(Cl)c2)n1. The molecule has 2 aromatic carbocycles. The Bertz CT molecular complexity index is 1300. The van der Waals surface area contributed by atoms with Crippen LogP contribution in [0.5, 0.6) is 0 Å². The third-order valence-electron chi connectivity index (χ3n) is 6.17. The average Bonchev–Trinajstić information content (AvgIpc) is 3.23. The molecule has 4 rings (SSSR count). The van der Waals surface area contributed by atoms with Gasteiger partial charge in [-0.05, 0) is 49.7 Å². The Labute approximate surface area is 215 Å². The molecule has 4 amide bonds. The highest BCUT2D eigenvalue weighted by molar-refractivity contribution is 6.34. The number of anilines is 1. The van der Waals surface area contributed by atoms with Gasteiger partial charge in [-0.3, -0.25) is 9.59 Å². The highest BCUT2D eigenvalue weighted by atomic mass is 35.5. The minimum Gasteiger partial charge on any atom is -0.347 e. The lowest BCUT2D eigenvalue weighted by Gasteiger charge is -2.29. The summed E-state index contributed by atoms with van der Waals surface area (Å²) in [5.74, 6) is -0.459. The second-order valence-electron chi connectivity index (χ2n) is 9.03. The Balaban J connectivity index is 1.60. The van der Waals surface area contributed by atoms with Crippen molar-refractivity contribution in [1.82, 2.24) is 24.9 Å². The first-order valence-electron chi connectivity index (χ1n) is 11.6. The van der Waals surface area contributed by atoms with E-state index in [1.807, 2.05) is 50.4 Å². The lowest BCUT2D eigenvalue weighted by atomic mass is 10.1. The van der Waals surface area contributed by atoms with Crippen LogP contribution >= 0.6 is 11.6 Å². The first-order chi connectivity index (χ1) is 17.2. The van der Waals surface area contributed by atoms with Gasteiger partial charge in [0.2, 0.25) is 5.91 Å². The van der Waals surface area contributed by atoms with Crippen LogP contribution in [0.15, 0.2) is 54.7 Å². The molecule has 0 bridgehead atoms. The molecule has 36 heavy (non-hydrogen) atoms. The first-order valence-corrected chi connectivity index (χ1v) is 12.0. The summed E-state index contributed by atoms with van der Waals surface area (Å²) < 4.78 is 1.70. The van der Waals surface area contributed by atoms with Crippen molar-refractivity contribution < 1.29 is 14.4 Å². The third-order valence-corrected chi connectivity index (χ3v) is 6.48. The van der Waals surface area contributed by atoms with Crippen LogP contribution in [0.2, 0.25) is 5.02 Å². The monoisotopic (exact) mass is 508 g/mol. The maximum absolute atomic E-state index is 13.7. The van der Waals surface area contributed by atoms with Crippen LogP contribution in [-0.4, -0.2) is 70.7 Å². The fourth-order valence-electron chi connectivity index (χ4n) is 4.11. The number of likely N-dealkylation sites (N-methyl/N-ethyl adjacent to an activating group) is 1. The van der Waals surface area contributed by atoms with Crippen LogP contribution in [0, 0.1) is 6.92 Å². The molecule has 1 N–H and O–H groups in total.